The lowest BCUT2D eigenvalue weighted by atomic mass is 10.1. The molecule has 20 heavy (non-hydrogen) atoms. The lowest BCUT2D eigenvalue weighted by molar-refractivity contribution is -0.164. The Balaban J connectivity index is 1.82. The van der Waals surface area contributed by atoms with Gasteiger partial charge in [-0.2, -0.15) is 5.26 Å². The van der Waals surface area contributed by atoms with Gasteiger partial charge in [0.05, 0.1) is 6.07 Å². The third-order valence-corrected chi connectivity index (χ3v) is 4.17. The van der Waals surface area contributed by atoms with Gasteiger partial charge in [-0.05, 0) is 26.3 Å². The summed E-state index contributed by atoms with van der Waals surface area (Å²) in [5.74, 6) is -0.586. The second kappa shape index (κ2) is 4.85. The number of likely N-dealkylation sites (tertiary alicyclic amines) is 1. The van der Waals surface area contributed by atoms with Crippen molar-refractivity contribution in [3.05, 3.63) is 35.9 Å². The smallest absolute Gasteiger partial charge is 0.163 e. The quantitative estimate of drug-likeness (QED) is 0.828. The Kier molecular flexibility index (Phi) is 3.29. The van der Waals surface area contributed by atoms with Crippen LogP contribution in [0.15, 0.2) is 30.3 Å². The zero-order valence-electron chi connectivity index (χ0n) is 12.1. The van der Waals surface area contributed by atoms with Crippen LogP contribution >= 0.6 is 0 Å². The first-order valence-corrected chi connectivity index (χ1v) is 7.07. The molecule has 1 aromatic rings. The molecule has 0 bridgehead atoms. The van der Waals surface area contributed by atoms with Gasteiger partial charge in [-0.15, -0.1) is 0 Å². The summed E-state index contributed by atoms with van der Waals surface area (Å²) >= 11 is 0. The van der Waals surface area contributed by atoms with Gasteiger partial charge < -0.3 is 9.47 Å². The molecule has 2 saturated heterocycles. The fourth-order valence-electron chi connectivity index (χ4n) is 3.25. The lowest BCUT2D eigenvalue weighted by Crippen LogP contribution is -2.40. The minimum atomic E-state index is -0.586. The SMILES string of the molecule is C[C@H]1[C@H]2OC(C)(C)O[C@H]2[C@H](C#N)N1Cc1ccccc1. The number of hydrogen-bond donors (Lipinski definition) is 0. The normalized spacial score (nSPS) is 35.7. The third-order valence-electron chi connectivity index (χ3n) is 4.17. The molecule has 0 aromatic heterocycles. The van der Waals surface area contributed by atoms with Gasteiger partial charge >= 0.3 is 0 Å². The first-order chi connectivity index (χ1) is 9.52. The van der Waals surface area contributed by atoms with Crippen LogP contribution in [0.25, 0.3) is 0 Å². The zero-order chi connectivity index (χ0) is 14.3. The first-order valence-electron chi connectivity index (χ1n) is 7.07. The summed E-state index contributed by atoms with van der Waals surface area (Å²) in [5, 5.41) is 9.52. The molecule has 4 heteroatoms. The molecular weight excluding hydrogens is 252 g/mol. The van der Waals surface area contributed by atoms with E-state index >= 15 is 0 Å². The Hall–Kier alpha value is -1.41. The number of hydrogen-bond acceptors (Lipinski definition) is 4. The van der Waals surface area contributed by atoms with Crippen LogP contribution in [0.2, 0.25) is 0 Å². The van der Waals surface area contributed by atoms with Gasteiger partial charge in [0.1, 0.15) is 18.2 Å². The topological polar surface area (TPSA) is 45.5 Å². The Morgan fingerprint density at radius 2 is 1.85 bits per heavy atom. The average Bonchev–Trinajstić information content (AvgIpc) is 2.85. The van der Waals surface area contributed by atoms with Crippen molar-refractivity contribution < 1.29 is 9.47 Å². The minimum Gasteiger partial charge on any atom is -0.343 e. The van der Waals surface area contributed by atoms with E-state index in [1.807, 2.05) is 32.0 Å². The molecule has 2 aliphatic heterocycles. The van der Waals surface area contributed by atoms with Crippen molar-refractivity contribution in [2.75, 3.05) is 0 Å². The van der Waals surface area contributed by atoms with Crippen molar-refractivity contribution in [2.45, 2.75) is 57.4 Å². The highest BCUT2D eigenvalue weighted by Crippen LogP contribution is 2.40. The average molecular weight is 272 g/mol. The van der Waals surface area contributed by atoms with Gasteiger partial charge in [-0.1, -0.05) is 30.3 Å². The third kappa shape index (κ3) is 2.22. The molecule has 0 spiro atoms. The second-order valence-corrected chi connectivity index (χ2v) is 6.04. The van der Waals surface area contributed by atoms with E-state index in [-0.39, 0.29) is 24.3 Å². The van der Waals surface area contributed by atoms with Crippen LogP contribution < -0.4 is 0 Å². The number of fused-ring (bicyclic) bond motifs is 1. The van der Waals surface area contributed by atoms with Crippen LogP contribution in [0.3, 0.4) is 0 Å². The monoisotopic (exact) mass is 272 g/mol. The van der Waals surface area contributed by atoms with E-state index in [1.165, 1.54) is 5.56 Å². The summed E-state index contributed by atoms with van der Waals surface area (Å²) in [6.45, 7) is 6.69. The minimum absolute atomic E-state index is 0.0293. The summed E-state index contributed by atoms with van der Waals surface area (Å²) in [6, 6.07) is 12.5. The molecule has 2 fully saturated rings. The molecule has 4 atom stereocenters. The predicted molar refractivity (Wildman–Crippen MR) is 74.7 cm³/mol. The Labute approximate surface area is 119 Å². The molecular formula is C16H20N2O2. The van der Waals surface area contributed by atoms with Crippen LogP contribution in [0.1, 0.15) is 26.3 Å². The van der Waals surface area contributed by atoms with Crippen molar-refractivity contribution in [3.63, 3.8) is 0 Å². The maximum absolute atomic E-state index is 9.52. The highest BCUT2D eigenvalue weighted by atomic mass is 16.8. The number of rotatable bonds is 2. The van der Waals surface area contributed by atoms with Crippen molar-refractivity contribution in [1.29, 1.82) is 5.26 Å². The van der Waals surface area contributed by atoms with Gasteiger partial charge in [0.25, 0.3) is 0 Å². The molecule has 106 valence electrons. The zero-order valence-corrected chi connectivity index (χ0v) is 12.1. The Morgan fingerprint density at radius 1 is 1.20 bits per heavy atom. The highest BCUT2D eigenvalue weighted by Gasteiger charge is 2.56. The lowest BCUT2D eigenvalue weighted by Gasteiger charge is -2.29. The standard InChI is InChI=1S/C16H20N2O2/c1-11-14-15(20-16(2,3)19-14)13(9-17)18(11)10-12-7-5-4-6-8-12/h4-8,11,13-15H,10H2,1-3H3/t11-,13-,14+,15-/m0/s1. The van der Waals surface area contributed by atoms with E-state index in [9.17, 15) is 5.26 Å². The molecule has 0 N–H and O–H groups in total. The first kappa shape index (κ1) is 13.6. The van der Waals surface area contributed by atoms with Crippen LogP contribution in [0.5, 0.6) is 0 Å². The highest BCUT2D eigenvalue weighted by molar-refractivity contribution is 5.19. The summed E-state index contributed by atoms with van der Waals surface area (Å²) < 4.78 is 11.9. The molecule has 0 amide bonds. The molecule has 1 aromatic carbocycles. The molecule has 2 heterocycles. The second-order valence-electron chi connectivity index (χ2n) is 6.04. The summed E-state index contributed by atoms with van der Waals surface area (Å²) in [5.41, 5.74) is 1.21. The van der Waals surface area contributed by atoms with Crippen LogP contribution in [-0.2, 0) is 16.0 Å². The van der Waals surface area contributed by atoms with Crippen molar-refractivity contribution in [1.82, 2.24) is 4.90 Å². The Morgan fingerprint density at radius 3 is 2.50 bits per heavy atom. The van der Waals surface area contributed by atoms with Gasteiger partial charge in [0, 0.05) is 12.6 Å². The fourth-order valence-corrected chi connectivity index (χ4v) is 3.25. The van der Waals surface area contributed by atoms with Gasteiger partial charge in [0.2, 0.25) is 0 Å². The van der Waals surface area contributed by atoms with E-state index in [0.717, 1.165) is 6.54 Å². The number of nitrogens with zero attached hydrogens (tertiary/aromatic N) is 2. The summed E-state index contributed by atoms with van der Waals surface area (Å²) in [6.07, 6.45) is -0.188. The summed E-state index contributed by atoms with van der Waals surface area (Å²) in [7, 11) is 0. The van der Waals surface area contributed by atoms with E-state index in [4.69, 9.17) is 9.47 Å². The largest absolute Gasteiger partial charge is 0.343 e. The van der Waals surface area contributed by atoms with E-state index in [1.54, 1.807) is 0 Å². The molecule has 4 nitrogen and oxygen atoms in total. The van der Waals surface area contributed by atoms with Gasteiger partial charge in [-0.3, -0.25) is 4.90 Å². The Bertz CT molecular complexity index is 523. The van der Waals surface area contributed by atoms with Crippen LogP contribution in [0, 0.1) is 11.3 Å². The number of nitriles is 1. The van der Waals surface area contributed by atoms with Crippen LogP contribution in [-0.4, -0.2) is 35.0 Å². The van der Waals surface area contributed by atoms with Gasteiger partial charge in [-0.25, -0.2) is 0 Å². The fraction of sp³-hybridized carbons (Fsp3) is 0.562. The molecule has 0 radical (unpaired) electrons. The van der Waals surface area contributed by atoms with E-state index in [2.05, 4.69) is 30.0 Å². The summed E-state index contributed by atoms with van der Waals surface area (Å²) in [4.78, 5) is 2.18. The molecule has 2 aliphatic rings. The van der Waals surface area contributed by atoms with E-state index < -0.39 is 5.79 Å². The number of benzene rings is 1. The molecule has 0 aliphatic carbocycles. The van der Waals surface area contributed by atoms with Crippen LogP contribution in [0.4, 0.5) is 0 Å². The van der Waals surface area contributed by atoms with Gasteiger partial charge in [0.15, 0.2) is 5.79 Å². The molecule has 3 rings (SSSR count). The van der Waals surface area contributed by atoms with Crippen molar-refractivity contribution in [2.24, 2.45) is 0 Å². The predicted octanol–water partition coefficient (Wildman–Crippen LogP) is 2.30. The molecule has 0 unspecified atom stereocenters. The van der Waals surface area contributed by atoms with Crippen molar-refractivity contribution >= 4 is 0 Å². The maximum Gasteiger partial charge on any atom is 0.163 e. The maximum atomic E-state index is 9.52. The molecule has 0 saturated carbocycles. The van der Waals surface area contributed by atoms with Crippen molar-refractivity contribution in [3.8, 4) is 6.07 Å². The number of ether oxygens (including phenoxy) is 2. The van der Waals surface area contributed by atoms with E-state index in [0.29, 0.717) is 0 Å².